The van der Waals surface area contributed by atoms with Crippen LogP contribution in [-0.2, 0) is 4.79 Å². The smallest absolute Gasteiger partial charge is 0.471 e. The van der Waals surface area contributed by atoms with Crippen LogP contribution >= 0.6 is 0 Å². The van der Waals surface area contributed by atoms with E-state index >= 15 is 0 Å². The fraction of sp³-hybridized carbons (Fsp3) is 0.529. The molecule has 1 aliphatic heterocycles. The molecule has 0 N–H and O–H groups in total. The lowest BCUT2D eigenvalue weighted by atomic mass is 9.61. The van der Waals surface area contributed by atoms with Gasteiger partial charge >= 0.3 is 12.1 Å². The third-order valence-electron chi connectivity index (χ3n) is 5.27. The van der Waals surface area contributed by atoms with Crippen LogP contribution in [-0.4, -0.2) is 45.6 Å². The quantitative estimate of drug-likeness (QED) is 0.755. The van der Waals surface area contributed by atoms with E-state index in [2.05, 4.69) is 4.98 Å². The first-order chi connectivity index (χ1) is 12.6. The number of likely N-dealkylation sites (tertiary alicyclic amines) is 1. The van der Waals surface area contributed by atoms with Gasteiger partial charge in [-0.1, -0.05) is 0 Å². The molecule has 2 aromatic rings. The number of amides is 1. The molecular formula is C17H16F5N3O2. The summed E-state index contributed by atoms with van der Waals surface area (Å²) in [6.07, 6.45) is -5.66. The van der Waals surface area contributed by atoms with Crippen LogP contribution in [0.2, 0.25) is 0 Å². The van der Waals surface area contributed by atoms with Crippen LogP contribution in [0.3, 0.4) is 0 Å². The van der Waals surface area contributed by atoms with Gasteiger partial charge in [0.05, 0.1) is 11.7 Å². The van der Waals surface area contributed by atoms with E-state index in [9.17, 15) is 26.7 Å². The van der Waals surface area contributed by atoms with E-state index in [-0.39, 0.29) is 30.6 Å². The van der Waals surface area contributed by atoms with Crippen LogP contribution in [0.5, 0.6) is 5.75 Å². The number of hydrogen-bond acceptors (Lipinski definition) is 3. The Morgan fingerprint density at radius 1 is 1.30 bits per heavy atom. The second kappa shape index (κ2) is 5.80. The molecule has 27 heavy (non-hydrogen) atoms. The minimum Gasteiger partial charge on any atom is -0.488 e. The number of fused-ring (bicyclic) bond motifs is 1. The number of ether oxygens (including phenoxy) is 1. The monoisotopic (exact) mass is 389 g/mol. The fourth-order valence-electron chi connectivity index (χ4n) is 4.07. The lowest BCUT2D eigenvalue weighted by molar-refractivity contribution is -0.205. The zero-order valence-electron chi connectivity index (χ0n) is 14.3. The number of aryl methyl sites for hydroxylation is 1. The van der Waals surface area contributed by atoms with Crippen LogP contribution < -0.4 is 4.74 Å². The van der Waals surface area contributed by atoms with Crippen molar-refractivity contribution in [1.82, 2.24) is 14.3 Å². The van der Waals surface area contributed by atoms with Gasteiger partial charge in [-0.2, -0.15) is 13.2 Å². The van der Waals surface area contributed by atoms with Crippen LogP contribution in [0.4, 0.5) is 22.0 Å². The average molecular weight is 389 g/mol. The summed E-state index contributed by atoms with van der Waals surface area (Å²) >= 11 is 0. The molecule has 0 bridgehead atoms. The Balaban J connectivity index is 1.44. The first kappa shape index (κ1) is 18.0. The summed E-state index contributed by atoms with van der Waals surface area (Å²) in [5.74, 6) is -1.38. The molecule has 0 aromatic carbocycles. The van der Waals surface area contributed by atoms with E-state index in [1.54, 1.807) is 13.0 Å². The molecule has 1 saturated heterocycles. The molecule has 3 heterocycles. The summed E-state index contributed by atoms with van der Waals surface area (Å²) in [7, 11) is 0. The van der Waals surface area contributed by atoms with Gasteiger partial charge in [0.1, 0.15) is 23.4 Å². The van der Waals surface area contributed by atoms with Crippen LogP contribution in [0.1, 0.15) is 30.8 Å². The summed E-state index contributed by atoms with van der Waals surface area (Å²) < 4.78 is 71.5. The summed E-state index contributed by atoms with van der Waals surface area (Å²) in [6.45, 7) is 1.65. The van der Waals surface area contributed by atoms with Gasteiger partial charge in [-0.3, -0.25) is 9.20 Å². The number of hydrogen-bond donors (Lipinski definition) is 0. The summed E-state index contributed by atoms with van der Waals surface area (Å²) in [5.41, 5.74) is -0.155. The topological polar surface area (TPSA) is 46.8 Å². The van der Waals surface area contributed by atoms with Gasteiger partial charge in [0.25, 0.3) is 6.43 Å². The van der Waals surface area contributed by atoms with E-state index < -0.39 is 23.9 Å². The van der Waals surface area contributed by atoms with E-state index in [0.29, 0.717) is 24.2 Å². The Morgan fingerprint density at radius 2 is 1.96 bits per heavy atom. The molecule has 0 radical (unpaired) electrons. The van der Waals surface area contributed by atoms with Crippen molar-refractivity contribution in [3.8, 4) is 5.75 Å². The molecule has 1 spiro atoms. The van der Waals surface area contributed by atoms with Crippen molar-refractivity contribution < 1.29 is 31.5 Å². The van der Waals surface area contributed by atoms with Crippen LogP contribution in [0.25, 0.3) is 5.52 Å². The maximum atomic E-state index is 13.6. The third-order valence-corrected chi connectivity index (χ3v) is 5.27. The van der Waals surface area contributed by atoms with Gasteiger partial charge in [-0.15, -0.1) is 0 Å². The molecule has 0 unspecified atom stereocenters. The first-order valence-electron chi connectivity index (χ1n) is 8.37. The second-order valence-electron chi connectivity index (χ2n) is 7.26. The predicted molar refractivity (Wildman–Crippen MR) is 83.6 cm³/mol. The molecular weight excluding hydrogens is 373 g/mol. The number of carbonyl (C=O) groups is 1. The fourth-order valence-corrected chi connectivity index (χ4v) is 4.07. The van der Waals surface area contributed by atoms with Crippen molar-refractivity contribution in [1.29, 1.82) is 0 Å². The van der Waals surface area contributed by atoms with Gasteiger partial charge in [0.15, 0.2) is 0 Å². The molecule has 4 rings (SSSR count). The van der Waals surface area contributed by atoms with E-state index in [1.807, 2.05) is 0 Å². The number of alkyl halides is 5. The third kappa shape index (κ3) is 2.90. The Kier molecular flexibility index (Phi) is 3.87. The van der Waals surface area contributed by atoms with Gasteiger partial charge in [-0.25, -0.2) is 13.8 Å². The Hall–Kier alpha value is -2.39. The maximum absolute atomic E-state index is 13.6. The van der Waals surface area contributed by atoms with Gasteiger partial charge in [0, 0.05) is 18.5 Å². The summed E-state index contributed by atoms with van der Waals surface area (Å²) in [6, 6.07) is 3.09. The predicted octanol–water partition coefficient (Wildman–Crippen LogP) is 3.51. The molecule has 2 fully saturated rings. The Morgan fingerprint density at radius 3 is 2.56 bits per heavy atom. The Bertz CT molecular complexity index is 894. The lowest BCUT2D eigenvalue weighted by Crippen LogP contribution is -2.67. The highest BCUT2D eigenvalue weighted by Gasteiger charge is 2.58. The number of imidazole rings is 1. The van der Waals surface area contributed by atoms with Crippen molar-refractivity contribution >= 4 is 11.4 Å². The molecule has 10 heteroatoms. The first-order valence-corrected chi connectivity index (χ1v) is 8.37. The highest BCUT2D eigenvalue weighted by atomic mass is 19.4. The number of nitrogens with zero attached hydrogens (tertiary/aromatic N) is 3. The van der Waals surface area contributed by atoms with Crippen LogP contribution in [0, 0.1) is 12.3 Å². The van der Waals surface area contributed by atoms with Crippen LogP contribution in [0.15, 0.2) is 18.3 Å². The zero-order chi connectivity index (χ0) is 19.6. The average Bonchev–Trinajstić information content (AvgIpc) is 2.87. The number of rotatable bonds is 3. The van der Waals surface area contributed by atoms with Crippen molar-refractivity contribution in [2.45, 2.75) is 38.5 Å². The molecule has 1 aliphatic carbocycles. The second-order valence-corrected chi connectivity index (χ2v) is 7.26. The minimum atomic E-state index is -4.87. The minimum absolute atomic E-state index is 0.0204. The van der Waals surface area contributed by atoms with Crippen molar-refractivity contribution in [3.63, 3.8) is 0 Å². The zero-order valence-corrected chi connectivity index (χ0v) is 14.3. The number of carbonyl (C=O) groups excluding carboxylic acids is 1. The summed E-state index contributed by atoms with van der Waals surface area (Å²) in [5, 5.41) is 0. The molecule has 5 nitrogen and oxygen atoms in total. The maximum Gasteiger partial charge on any atom is 0.471 e. The Labute approximate surface area is 150 Å². The molecule has 0 atom stereocenters. The molecule has 2 aliphatic rings. The standard InChI is InChI=1S/C17H16F5N3O2/c1-9-23-6-10-2-3-12(13(14(18)19)25(9)10)27-11-4-16(5-11)7-24(8-16)15(26)17(20,21)22/h2-3,6,11,14H,4-5,7-8H2,1H3. The lowest BCUT2D eigenvalue weighted by Gasteiger charge is -2.58. The number of halogens is 5. The van der Waals surface area contributed by atoms with Gasteiger partial charge in [-0.05, 0) is 31.9 Å². The van der Waals surface area contributed by atoms with Crippen molar-refractivity contribution in [2.24, 2.45) is 5.41 Å². The van der Waals surface area contributed by atoms with E-state index in [4.69, 9.17) is 4.74 Å². The van der Waals surface area contributed by atoms with Crippen molar-refractivity contribution in [3.05, 3.63) is 29.8 Å². The van der Waals surface area contributed by atoms with E-state index in [0.717, 1.165) is 4.90 Å². The number of aromatic nitrogens is 2. The molecule has 146 valence electrons. The molecule has 1 amide bonds. The highest BCUT2D eigenvalue weighted by molar-refractivity contribution is 5.82. The highest BCUT2D eigenvalue weighted by Crippen LogP contribution is 2.51. The van der Waals surface area contributed by atoms with E-state index in [1.165, 1.54) is 16.7 Å². The number of pyridine rings is 1. The molecule has 2 aromatic heterocycles. The van der Waals surface area contributed by atoms with Crippen molar-refractivity contribution in [2.75, 3.05) is 13.1 Å². The molecule has 1 saturated carbocycles. The summed E-state index contributed by atoms with van der Waals surface area (Å²) in [4.78, 5) is 16.0. The van der Waals surface area contributed by atoms with Gasteiger partial charge < -0.3 is 9.64 Å². The van der Waals surface area contributed by atoms with Gasteiger partial charge in [0.2, 0.25) is 0 Å². The SMILES string of the molecule is Cc1ncc2ccc(OC3CC4(C3)CN(C(=O)C(F)(F)F)C4)c(C(F)F)n12. The largest absolute Gasteiger partial charge is 0.488 e. The normalized spacial score (nSPS) is 19.4.